The summed E-state index contributed by atoms with van der Waals surface area (Å²) in [6.45, 7) is 1.54. The number of carbonyl (C=O) groups is 2. The molecule has 0 unspecified atom stereocenters. The van der Waals surface area contributed by atoms with Gasteiger partial charge in [0.25, 0.3) is 11.8 Å². The van der Waals surface area contributed by atoms with Crippen LogP contribution < -0.4 is 20.7 Å². The second-order valence-corrected chi connectivity index (χ2v) is 6.73. The summed E-state index contributed by atoms with van der Waals surface area (Å²) in [6.07, 6.45) is 0. The molecule has 0 spiro atoms. The van der Waals surface area contributed by atoms with Crippen LogP contribution in [0.5, 0.6) is 5.75 Å². The molecular weight excluding hydrogens is 509 g/mol. The summed E-state index contributed by atoms with van der Waals surface area (Å²) >= 11 is 0. The lowest BCUT2D eigenvalue weighted by molar-refractivity contribution is 0.0827. The number of rotatable bonds is 8. The third-order valence-corrected chi connectivity index (χ3v) is 4.35. The van der Waals surface area contributed by atoms with Crippen molar-refractivity contribution in [2.24, 2.45) is 4.99 Å². The average Bonchev–Trinajstić information content (AvgIpc) is 2.78. The largest absolute Gasteiger partial charge is 0.497 e. The SMILES string of the molecule is CN=C(NCCNC(=O)c1ccc(OC)cc1)NCc1ccc(C(=O)N(C)C)cc1.I. The number of hydrogen-bond donors (Lipinski definition) is 3. The minimum Gasteiger partial charge on any atom is -0.497 e. The smallest absolute Gasteiger partial charge is 0.253 e. The molecule has 0 atom stereocenters. The first-order chi connectivity index (χ1) is 14.4. The first-order valence-electron chi connectivity index (χ1n) is 9.62. The van der Waals surface area contributed by atoms with Gasteiger partial charge >= 0.3 is 0 Å². The van der Waals surface area contributed by atoms with E-state index < -0.39 is 0 Å². The molecule has 0 saturated heterocycles. The Morgan fingerprint density at radius 2 is 1.48 bits per heavy atom. The normalized spacial score (nSPS) is 10.5. The van der Waals surface area contributed by atoms with Crippen molar-refractivity contribution in [1.82, 2.24) is 20.9 Å². The maximum absolute atomic E-state index is 12.1. The van der Waals surface area contributed by atoms with Crippen LogP contribution in [-0.2, 0) is 6.54 Å². The van der Waals surface area contributed by atoms with Gasteiger partial charge in [-0.3, -0.25) is 14.6 Å². The number of halogens is 1. The Morgan fingerprint density at radius 1 is 0.903 bits per heavy atom. The number of amides is 2. The fourth-order valence-corrected chi connectivity index (χ4v) is 2.63. The first-order valence-corrected chi connectivity index (χ1v) is 9.62. The lowest BCUT2D eigenvalue weighted by atomic mass is 10.1. The second-order valence-electron chi connectivity index (χ2n) is 6.73. The summed E-state index contributed by atoms with van der Waals surface area (Å²) in [5, 5.41) is 9.21. The Hall–Kier alpha value is -2.82. The molecule has 0 bridgehead atoms. The van der Waals surface area contributed by atoms with E-state index in [1.807, 2.05) is 24.3 Å². The van der Waals surface area contributed by atoms with E-state index in [9.17, 15) is 9.59 Å². The molecule has 0 fully saturated rings. The van der Waals surface area contributed by atoms with Gasteiger partial charge < -0.3 is 25.6 Å². The Morgan fingerprint density at radius 3 is 2.03 bits per heavy atom. The standard InChI is InChI=1S/C22H29N5O3.HI/c1-23-22(26-15-16-5-7-18(8-6-16)21(29)27(2)3)25-14-13-24-20(28)17-9-11-19(30-4)12-10-17;/h5-12H,13-15H2,1-4H3,(H,24,28)(H2,23,25,26);1H. The molecule has 168 valence electrons. The Balaban J connectivity index is 0.00000480. The van der Waals surface area contributed by atoms with Gasteiger partial charge in [-0.1, -0.05) is 12.1 Å². The molecule has 8 nitrogen and oxygen atoms in total. The van der Waals surface area contributed by atoms with E-state index >= 15 is 0 Å². The number of hydrogen-bond acceptors (Lipinski definition) is 4. The van der Waals surface area contributed by atoms with Crippen LogP contribution in [0.4, 0.5) is 0 Å². The van der Waals surface area contributed by atoms with Gasteiger partial charge in [-0.05, 0) is 42.0 Å². The molecule has 0 aromatic heterocycles. The molecule has 0 aliphatic carbocycles. The number of aliphatic imine (C=N–C) groups is 1. The van der Waals surface area contributed by atoms with Crippen molar-refractivity contribution in [3.63, 3.8) is 0 Å². The van der Waals surface area contributed by atoms with E-state index in [4.69, 9.17) is 4.74 Å². The topological polar surface area (TPSA) is 95.1 Å². The Kier molecular flexibility index (Phi) is 11.4. The van der Waals surface area contributed by atoms with Crippen LogP contribution in [0, 0.1) is 0 Å². The molecule has 31 heavy (non-hydrogen) atoms. The molecule has 0 radical (unpaired) electrons. The van der Waals surface area contributed by atoms with E-state index in [1.54, 1.807) is 57.4 Å². The van der Waals surface area contributed by atoms with Gasteiger partial charge in [-0.15, -0.1) is 24.0 Å². The van der Waals surface area contributed by atoms with Crippen LogP contribution in [0.15, 0.2) is 53.5 Å². The van der Waals surface area contributed by atoms with E-state index in [1.165, 1.54) is 0 Å². The zero-order valence-corrected chi connectivity index (χ0v) is 20.6. The van der Waals surface area contributed by atoms with Crippen molar-refractivity contribution in [1.29, 1.82) is 0 Å². The van der Waals surface area contributed by atoms with Crippen molar-refractivity contribution in [2.75, 3.05) is 41.3 Å². The van der Waals surface area contributed by atoms with Crippen LogP contribution in [-0.4, -0.2) is 64.0 Å². The summed E-state index contributed by atoms with van der Waals surface area (Å²) in [5.74, 6) is 1.17. The monoisotopic (exact) mass is 539 g/mol. The molecule has 0 aliphatic rings. The van der Waals surface area contributed by atoms with Crippen LogP contribution in [0.3, 0.4) is 0 Å². The highest BCUT2D eigenvalue weighted by Gasteiger charge is 2.08. The number of ether oxygens (including phenoxy) is 1. The number of nitrogens with zero attached hydrogens (tertiary/aromatic N) is 2. The van der Waals surface area contributed by atoms with Crippen molar-refractivity contribution >= 4 is 41.8 Å². The number of nitrogens with one attached hydrogen (secondary N) is 3. The maximum atomic E-state index is 12.1. The predicted octanol–water partition coefficient (Wildman–Crippen LogP) is 2.11. The third kappa shape index (κ3) is 8.44. The average molecular weight is 539 g/mol. The summed E-state index contributed by atoms with van der Waals surface area (Å²) in [4.78, 5) is 29.8. The fourth-order valence-electron chi connectivity index (χ4n) is 2.63. The number of carbonyl (C=O) groups excluding carboxylic acids is 2. The van der Waals surface area contributed by atoms with E-state index in [-0.39, 0.29) is 35.8 Å². The molecule has 0 heterocycles. The van der Waals surface area contributed by atoms with Gasteiger partial charge in [-0.2, -0.15) is 0 Å². The summed E-state index contributed by atoms with van der Waals surface area (Å²) in [5.41, 5.74) is 2.26. The first kappa shape index (κ1) is 26.2. The van der Waals surface area contributed by atoms with Gasteiger partial charge in [-0.25, -0.2) is 0 Å². The van der Waals surface area contributed by atoms with Crippen molar-refractivity contribution < 1.29 is 14.3 Å². The van der Waals surface area contributed by atoms with Gasteiger partial charge in [0.2, 0.25) is 0 Å². The maximum Gasteiger partial charge on any atom is 0.253 e. The van der Waals surface area contributed by atoms with Crippen molar-refractivity contribution in [3.05, 3.63) is 65.2 Å². The third-order valence-electron chi connectivity index (χ3n) is 4.35. The summed E-state index contributed by atoms with van der Waals surface area (Å²) < 4.78 is 5.09. The summed E-state index contributed by atoms with van der Waals surface area (Å²) in [6, 6.07) is 14.4. The molecule has 9 heteroatoms. The van der Waals surface area contributed by atoms with Gasteiger partial charge in [0.15, 0.2) is 5.96 Å². The lowest BCUT2D eigenvalue weighted by Crippen LogP contribution is -2.41. The van der Waals surface area contributed by atoms with Crippen molar-refractivity contribution in [2.45, 2.75) is 6.54 Å². The van der Waals surface area contributed by atoms with Gasteiger partial charge in [0.1, 0.15) is 5.75 Å². The molecular formula is C22H30IN5O3. The predicted molar refractivity (Wildman–Crippen MR) is 133 cm³/mol. The van der Waals surface area contributed by atoms with E-state index in [2.05, 4.69) is 20.9 Å². The quantitative estimate of drug-likeness (QED) is 0.207. The molecule has 2 aromatic rings. The van der Waals surface area contributed by atoms with Gasteiger partial charge in [0, 0.05) is 51.9 Å². The lowest BCUT2D eigenvalue weighted by Gasteiger charge is -2.13. The van der Waals surface area contributed by atoms with Crippen molar-refractivity contribution in [3.8, 4) is 5.75 Å². The van der Waals surface area contributed by atoms with E-state index in [0.717, 1.165) is 5.56 Å². The second kappa shape index (κ2) is 13.5. The highest BCUT2D eigenvalue weighted by molar-refractivity contribution is 14.0. The van der Waals surface area contributed by atoms with Crippen LogP contribution in [0.25, 0.3) is 0 Å². The van der Waals surface area contributed by atoms with Crippen LogP contribution in [0.1, 0.15) is 26.3 Å². The highest BCUT2D eigenvalue weighted by atomic mass is 127. The number of methoxy groups -OCH3 is 1. The van der Waals surface area contributed by atoms with Crippen LogP contribution in [0.2, 0.25) is 0 Å². The minimum atomic E-state index is -0.144. The van der Waals surface area contributed by atoms with E-state index in [0.29, 0.717) is 42.5 Å². The van der Waals surface area contributed by atoms with Gasteiger partial charge in [0.05, 0.1) is 7.11 Å². The Bertz CT molecular complexity index is 868. The molecule has 0 saturated carbocycles. The number of benzene rings is 2. The zero-order chi connectivity index (χ0) is 21.9. The molecule has 2 rings (SSSR count). The zero-order valence-electron chi connectivity index (χ0n) is 18.3. The molecule has 0 aliphatic heterocycles. The van der Waals surface area contributed by atoms with Crippen LogP contribution >= 0.6 is 24.0 Å². The molecule has 3 N–H and O–H groups in total. The highest BCUT2D eigenvalue weighted by Crippen LogP contribution is 2.11. The Labute approximate surface area is 200 Å². The molecule has 2 amide bonds. The number of guanidine groups is 1. The minimum absolute atomic E-state index is 0. The fraction of sp³-hybridized carbons (Fsp3) is 0.318. The summed E-state index contributed by atoms with van der Waals surface area (Å²) in [7, 11) is 6.73. The molecule has 2 aromatic carbocycles.